The van der Waals surface area contributed by atoms with Gasteiger partial charge in [-0.25, -0.2) is 9.78 Å². The van der Waals surface area contributed by atoms with Crippen molar-refractivity contribution >= 4 is 11.9 Å². The zero-order chi connectivity index (χ0) is 16.9. The van der Waals surface area contributed by atoms with Crippen LogP contribution in [0.5, 0.6) is 0 Å². The molecule has 6 nitrogen and oxygen atoms in total. The van der Waals surface area contributed by atoms with Crippen LogP contribution in [0.2, 0.25) is 0 Å². The highest BCUT2D eigenvalue weighted by Crippen LogP contribution is 2.21. The molecule has 1 fully saturated rings. The average molecular weight is 327 g/mol. The number of likely N-dealkylation sites (tertiary alicyclic amines) is 1. The van der Waals surface area contributed by atoms with Crippen LogP contribution in [0.25, 0.3) is 0 Å². The van der Waals surface area contributed by atoms with Crippen molar-refractivity contribution in [1.29, 1.82) is 0 Å². The fraction of sp³-hybridized carbons (Fsp3) is 0.389. The largest absolute Gasteiger partial charge is 0.465 e. The number of aryl methyl sites for hydroxylation is 2. The van der Waals surface area contributed by atoms with E-state index in [1.54, 1.807) is 6.20 Å². The zero-order valence-electron chi connectivity index (χ0n) is 13.5. The summed E-state index contributed by atoms with van der Waals surface area (Å²) in [6, 6.07) is 10.1. The maximum atomic E-state index is 12.7. The van der Waals surface area contributed by atoms with Gasteiger partial charge in [0.1, 0.15) is 0 Å². The molecule has 0 unspecified atom stereocenters. The second-order valence-corrected chi connectivity index (χ2v) is 6.09. The predicted octanol–water partition coefficient (Wildman–Crippen LogP) is 2.70. The van der Waals surface area contributed by atoms with E-state index in [-0.39, 0.29) is 11.7 Å². The molecule has 1 aliphatic rings. The van der Waals surface area contributed by atoms with E-state index in [2.05, 4.69) is 17.1 Å². The van der Waals surface area contributed by atoms with Gasteiger partial charge in [0.05, 0.1) is 0 Å². The van der Waals surface area contributed by atoms with Gasteiger partial charge in [-0.3, -0.25) is 4.79 Å². The highest BCUT2D eigenvalue weighted by Gasteiger charge is 2.29. The Morgan fingerprint density at radius 1 is 1.17 bits per heavy atom. The number of piperidine rings is 1. The Kier molecular flexibility index (Phi) is 4.93. The van der Waals surface area contributed by atoms with Crippen LogP contribution >= 0.6 is 0 Å². The summed E-state index contributed by atoms with van der Waals surface area (Å²) in [5.41, 5.74) is 1.22. The van der Waals surface area contributed by atoms with Crippen LogP contribution in [0.15, 0.2) is 42.7 Å². The minimum Gasteiger partial charge on any atom is -0.465 e. The van der Waals surface area contributed by atoms with Gasteiger partial charge in [0.15, 0.2) is 5.82 Å². The van der Waals surface area contributed by atoms with E-state index in [0.29, 0.717) is 38.3 Å². The Bertz CT molecular complexity index is 703. The van der Waals surface area contributed by atoms with Gasteiger partial charge in [0.2, 0.25) is 5.78 Å². The molecule has 0 aliphatic carbocycles. The van der Waals surface area contributed by atoms with Gasteiger partial charge in [-0.15, -0.1) is 0 Å². The number of amides is 1. The minimum atomic E-state index is -0.912. The van der Waals surface area contributed by atoms with Gasteiger partial charge in [-0.05, 0) is 24.8 Å². The molecule has 0 atom stereocenters. The van der Waals surface area contributed by atoms with Crippen LogP contribution in [-0.2, 0) is 13.0 Å². The molecule has 0 spiro atoms. The van der Waals surface area contributed by atoms with Gasteiger partial charge in [0, 0.05) is 37.9 Å². The average Bonchev–Trinajstić information content (AvgIpc) is 3.09. The fourth-order valence-electron chi connectivity index (χ4n) is 3.12. The third-order valence-electron chi connectivity index (χ3n) is 4.56. The van der Waals surface area contributed by atoms with Crippen LogP contribution in [0.3, 0.4) is 0 Å². The molecule has 24 heavy (non-hydrogen) atoms. The second kappa shape index (κ2) is 7.29. The first kappa shape index (κ1) is 16.2. The summed E-state index contributed by atoms with van der Waals surface area (Å²) >= 11 is 0. The van der Waals surface area contributed by atoms with E-state index in [1.807, 2.05) is 29.0 Å². The molecular weight excluding hydrogens is 306 g/mol. The smallest absolute Gasteiger partial charge is 0.407 e. The topological polar surface area (TPSA) is 75.4 Å². The van der Waals surface area contributed by atoms with Crippen LogP contribution in [-0.4, -0.2) is 44.5 Å². The third kappa shape index (κ3) is 3.64. The standard InChI is InChI=1S/C18H21N3O3/c22-16(15-7-11-21(12-8-15)18(23)24)17-19-9-13-20(17)10-6-14-4-2-1-3-5-14/h1-5,9,13,15H,6-8,10-12H2,(H,23,24). The molecule has 0 saturated carbocycles. The second-order valence-electron chi connectivity index (χ2n) is 6.09. The molecule has 6 heteroatoms. The van der Waals surface area contributed by atoms with Crippen molar-refractivity contribution in [3.8, 4) is 0 Å². The molecule has 1 N–H and O–H groups in total. The Hall–Kier alpha value is -2.63. The summed E-state index contributed by atoms with van der Waals surface area (Å²) in [6.07, 6.45) is 4.56. The van der Waals surface area contributed by atoms with Crippen molar-refractivity contribution < 1.29 is 14.7 Å². The number of imidazole rings is 1. The first-order valence-corrected chi connectivity index (χ1v) is 8.22. The monoisotopic (exact) mass is 327 g/mol. The first-order valence-electron chi connectivity index (χ1n) is 8.22. The first-order chi connectivity index (χ1) is 11.6. The molecule has 1 aromatic heterocycles. The van der Waals surface area contributed by atoms with E-state index < -0.39 is 6.09 Å². The van der Waals surface area contributed by atoms with Crippen LogP contribution in [0, 0.1) is 5.92 Å². The summed E-state index contributed by atoms with van der Waals surface area (Å²) < 4.78 is 1.90. The molecule has 1 aliphatic heterocycles. The molecule has 2 aromatic rings. The summed E-state index contributed by atoms with van der Waals surface area (Å²) in [6.45, 7) is 1.53. The molecular formula is C18H21N3O3. The van der Waals surface area contributed by atoms with Gasteiger partial charge >= 0.3 is 6.09 Å². The number of hydrogen-bond acceptors (Lipinski definition) is 3. The molecule has 0 bridgehead atoms. The number of carbonyl (C=O) groups excluding carboxylic acids is 1. The molecule has 2 heterocycles. The predicted molar refractivity (Wildman–Crippen MR) is 89.0 cm³/mol. The number of carboxylic acid groups (broad SMARTS) is 1. The van der Waals surface area contributed by atoms with Crippen molar-refractivity contribution in [2.75, 3.05) is 13.1 Å². The van der Waals surface area contributed by atoms with Crippen LogP contribution in [0.4, 0.5) is 4.79 Å². The minimum absolute atomic E-state index is 0.0260. The number of Topliss-reactive ketones (excluding diaryl/α,β-unsaturated/α-hetero) is 1. The zero-order valence-corrected chi connectivity index (χ0v) is 13.5. The maximum absolute atomic E-state index is 12.7. The van der Waals surface area contributed by atoms with E-state index >= 15 is 0 Å². The van der Waals surface area contributed by atoms with E-state index in [4.69, 9.17) is 5.11 Å². The van der Waals surface area contributed by atoms with Gasteiger partial charge in [0.25, 0.3) is 0 Å². The van der Waals surface area contributed by atoms with Crippen molar-refractivity contribution in [1.82, 2.24) is 14.5 Å². The number of hydrogen-bond donors (Lipinski definition) is 1. The quantitative estimate of drug-likeness (QED) is 0.857. The number of benzene rings is 1. The molecule has 1 amide bonds. The lowest BCUT2D eigenvalue weighted by molar-refractivity contribution is 0.0807. The summed E-state index contributed by atoms with van der Waals surface area (Å²) in [5, 5.41) is 8.99. The summed E-state index contributed by atoms with van der Waals surface area (Å²) in [5.74, 6) is 0.372. The third-order valence-corrected chi connectivity index (χ3v) is 4.56. The molecule has 126 valence electrons. The Morgan fingerprint density at radius 3 is 2.54 bits per heavy atom. The Labute approximate surface area is 140 Å². The van der Waals surface area contributed by atoms with E-state index in [9.17, 15) is 9.59 Å². The normalized spacial score (nSPS) is 15.4. The van der Waals surface area contributed by atoms with Crippen LogP contribution < -0.4 is 0 Å². The Balaban J connectivity index is 1.62. The SMILES string of the molecule is O=C(c1nccn1CCc1ccccc1)C1CCN(C(=O)O)CC1. The van der Waals surface area contributed by atoms with Crippen molar-refractivity contribution in [2.45, 2.75) is 25.8 Å². The number of carbonyl (C=O) groups is 2. The van der Waals surface area contributed by atoms with E-state index in [0.717, 1.165) is 6.42 Å². The van der Waals surface area contributed by atoms with Gasteiger partial charge in [-0.2, -0.15) is 0 Å². The van der Waals surface area contributed by atoms with Gasteiger partial charge < -0.3 is 14.6 Å². The number of ketones is 1. The number of aromatic nitrogens is 2. The van der Waals surface area contributed by atoms with Crippen molar-refractivity contribution in [3.63, 3.8) is 0 Å². The van der Waals surface area contributed by atoms with Crippen LogP contribution in [0.1, 0.15) is 29.0 Å². The maximum Gasteiger partial charge on any atom is 0.407 e. The van der Waals surface area contributed by atoms with E-state index in [1.165, 1.54) is 10.5 Å². The summed E-state index contributed by atoms with van der Waals surface area (Å²) in [7, 11) is 0. The molecule has 1 saturated heterocycles. The molecule has 3 rings (SSSR count). The Morgan fingerprint density at radius 2 is 1.88 bits per heavy atom. The van der Waals surface area contributed by atoms with Gasteiger partial charge in [-0.1, -0.05) is 30.3 Å². The fourth-order valence-corrected chi connectivity index (χ4v) is 3.12. The highest BCUT2D eigenvalue weighted by molar-refractivity contribution is 5.94. The lowest BCUT2D eigenvalue weighted by Crippen LogP contribution is -2.39. The summed E-state index contributed by atoms with van der Waals surface area (Å²) in [4.78, 5) is 29.3. The lowest BCUT2D eigenvalue weighted by Gasteiger charge is -2.28. The van der Waals surface area contributed by atoms with Crippen molar-refractivity contribution in [3.05, 3.63) is 54.1 Å². The number of nitrogens with zero attached hydrogens (tertiary/aromatic N) is 3. The highest BCUT2D eigenvalue weighted by atomic mass is 16.4. The van der Waals surface area contributed by atoms with Crippen molar-refractivity contribution in [2.24, 2.45) is 5.92 Å². The lowest BCUT2D eigenvalue weighted by atomic mass is 9.92. The number of rotatable bonds is 5. The molecule has 1 aromatic carbocycles. The molecule has 0 radical (unpaired) electrons.